The number of thiophene rings is 1. The zero-order chi connectivity index (χ0) is 31.7. The van der Waals surface area contributed by atoms with Crippen LogP contribution in [0, 0.1) is 0 Å². The lowest BCUT2D eigenvalue weighted by atomic mass is 9.93. The highest BCUT2D eigenvalue weighted by Crippen LogP contribution is 2.43. The van der Waals surface area contributed by atoms with Crippen molar-refractivity contribution in [2.24, 2.45) is 0 Å². The number of hydrogen-bond acceptors (Lipinski definition) is 6. The first-order valence-electron chi connectivity index (χ1n) is 14.7. The summed E-state index contributed by atoms with van der Waals surface area (Å²) in [7, 11) is 0. The van der Waals surface area contributed by atoms with E-state index in [0.29, 0.717) is 36.6 Å². The first-order chi connectivity index (χ1) is 21.7. The van der Waals surface area contributed by atoms with Crippen LogP contribution < -0.4 is 15.4 Å². The molecule has 228 valence electrons. The Morgan fingerprint density at radius 1 is 1.04 bits per heavy atom. The fourth-order valence-electron chi connectivity index (χ4n) is 5.52. The zero-order valence-electron chi connectivity index (χ0n) is 25.1. The largest absolute Gasteiger partial charge is 0.493 e. The van der Waals surface area contributed by atoms with E-state index in [1.807, 2.05) is 56.6 Å². The Labute approximate surface area is 264 Å². The summed E-state index contributed by atoms with van der Waals surface area (Å²) in [5.41, 5.74) is 5.79. The maximum Gasteiger partial charge on any atom is 0.355 e. The van der Waals surface area contributed by atoms with E-state index >= 15 is 0 Å². The number of rotatable bonds is 8. The molecule has 0 bridgehead atoms. The van der Waals surface area contributed by atoms with Gasteiger partial charge in [-0.2, -0.15) is 0 Å². The van der Waals surface area contributed by atoms with Crippen LogP contribution in [0.5, 0.6) is 5.75 Å². The third kappa shape index (κ3) is 5.84. The molecule has 9 nitrogen and oxygen atoms in total. The van der Waals surface area contributed by atoms with Gasteiger partial charge in [-0.25, -0.2) is 9.78 Å². The smallest absolute Gasteiger partial charge is 0.355 e. The number of allylic oxidation sites excluding steroid dienone is 1. The normalized spacial score (nSPS) is 12.0. The van der Waals surface area contributed by atoms with Crippen molar-refractivity contribution in [3.8, 4) is 27.3 Å². The average Bonchev–Trinajstić information content (AvgIpc) is 3.67. The Bertz CT molecular complexity index is 2000. The number of fused-ring (bicyclic) bond motifs is 4. The summed E-state index contributed by atoms with van der Waals surface area (Å²) < 4.78 is 6.15. The summed E-state index contributed by atoms with van der Waals surface area (Å²) in [6, 6.07) is 14.3. The third-order valence-corrected chi connectivity index (χ3v) is 8.59. The van der Waals surface area contributed by atoms with Crippen molar-refractivity contribution >= 4 is 51.8 Å². The second-order valence-electron chi connectivity index (χ2n) is 11.1. The van der Waals surface area contributed by atoms with E-state index in [4.69, 9.17) is 4.74 Å². The Hall–Kier alpha value is -5.22. The van der Waals surface area contributed by atoms with E-state index in [1.54, 1.807) is 23.5 Å². The number of carboxylic acids is 1. The van der Waals surface area contributed by atoms with Crippen LogP contribution in [-0.4, -0.2) is 46.0 Å². The lowest BCUT2D eigenvalue weighted by molar-refractivity contribution is 0.0691. The second kappa shape index (κ2) is 12.4. The van der Waals surface area contributed by atoms with Crippen molar-refractivity contribution in [3.63, 3.8) is 0 Å². The molecule has 3 aromatic heterocycles. The molecule has 4 N–H and O–H groups in total. The molecule has 0 unspecified atom stereocenters. The van der Waals surface area contributed by atoms with Crippen LogP contribution in [0.4, 0.5) is 5.69 Å². The van der Waals surface area contributed by atoms with Crippen LogP contribution in [0.3, 0.4) is 0 Å². The number of benzene rings is 2. The van der Waals surface area contributed by atoms with E-state index in [-0.39, 0.29) is 22.5 Å². The molecular formula is C35H32N4O5S. The van der Waals surface area contributed by atoms with Gasteiger partial charge in [-0.3, -0.25) is 9.59 Å². The molecule has 0 saturated carbocycles. The molecular weight excluding hydrogens is 588 g/mol. The first-order valence-corrected chi connectivity index (χ1v) is 15.6. The molecule has 10 heteroatoms. The van der Waals surface area contributed by atoms with E-state index in [2.05, 4.69) is 26.7 Å². The molecule has 0 fully saturated rings. The van der Waals surface area contributed by atoms with Crippen molar-refractivity contribution in [2.45, 2.75) is 33.6 Å². The van der Waals surface area contributed by atoms with Crippen LogP contribution in [0.2, 0.25) is 0 Å². The standard InChI is InChI=1S/C35H32N4O5S/c1-4-12-37-34(41)29-6-5-22(31(38-29)35(42)43)23-18-30-26(32-20(10-14-44-30)11-15-45-32)17-25(23)33(40)39-28-8-7-27-21(9-13-36-27)24(28)16-19(2)3/h5-9,11,13,15-18,36H,4,10,12,14H2,1-3H3,(H,37,41)(H,39,40)(H,42,43). The lowest BCUT2D eigenvalue weighted by Gasteiger charge is -2.18. The van der Waals surface area contributed by atoms with Gasteiger partial charge in [0.25, 0.3) is 11.8 Å². The number of nitrogens with one attached hydrogen (secondary N) is 3. The van der Waals surface area contributed by atoms with Gasteiger partial charge in [0.2, 0.25) is 0 Å². The maximum atomic E-state index is 14.3. The topological polar surface area (TPSA) is 133 Å². The molecule has 0 radical (unpaired) electrons. The van der Waals surface area contributed by atoms with Gasteiger partial charge in [-0.1, -0.05) is 18.6 Å². The van der Waals surface area contributed by atoms with Crippen LogP contribution in [0.15, 0.2) is 65.7 Å². The highest BCUT2D eigenvalue weighted by atomic mass is 32.1. The SMILES string of the molecule is CCCNC(=O)c1ccc(-c2cc3c(cc2C(=O)Nc2ccc4[nH]ccc4c2C=C(C)C)-c2sccc2CCO3)c(C(=O)O)n1. The molecule has 45 heavy (non-hydrogen) atoms. The minimum atomic E-state index is -1.32. The molecule has 1 aliphatic rings. The Morgan fingerprint density at radius 2 is 1.89 bits per heavy atom. The summed E-state index contributed by atoms with van der Waals surface area (Å²) >= 11 is 1.56. The molecule has 0 aliphatic carbocycles. The van der Waals surface area contributed by atoms with Gasteiger partial charge in [0.05, 0.1) is 6.61 Å². The number of amides is 2. The number of aromatic nitrogens is 2. The number of hydrogen-bond donors (Lipinski definition) is 4. The first kappa shape index (κ1) is 29.8. The number of H-pyrrole nitrogens is 1. The summed E-state index contributed by atoms with van der Waals surface area (Å²) in [6.45, 7) is 6.78. The Balaban J connectivity index is 1.52. The molecule has 6 rings (SSSR count). The van der Waals surface area contributed by atoms with Gasteiger partial charge < -0.3 is 25.5 Å². The highest BCUT2D eigenvalue weighted by molar-refractivity contribution is 7.13. The van der Waals surface area contributed by atoms with Gasteiger partial charge in [-0.15, -0.1) is 11.3 Å². The fraction of sp³-hybridized carbons (Fsp3) is 0.200. The Morgan fingerprint density at radius 3 is 2.67 bits per heavy atom. The van der Waals surface area contributed by atoms with Crippen molar-refractivity contribution < 1.29 is 24.2 Å². The zero-order valence-corrected chi connectivity index (χ0v) is 25.9. The van der Waals surface area contributed by atoms with Gasteiger partial charge in [-0.05, 0) is 79.7 Å². The molecule has 2 amide bonds. The van der Waals surface area contributed by atoms with E-state index < -0.39 is 17.8 Å². The van der Waals surface area contributed by atoms with Gasteiger partial charge in [0.15, 0.2) is 5.69 Å². The minimum Gasteiger partial charge on any atom is -0.493 e. The highest BCUT2D eigenvalue weighted by Gasteiger charge is 2.27. The van der Waals surface area contributed by atoms with Crippen molar-refractivity contribution in [1.29, 1.82) is 0 Å². The number of carboxylic acid groups (broad SMARTS) is 1. The van der Waals surface area contributed by atoms with Crippen LogP contribution in [0.25, 0.3) is 38.5 Å². The quantitative estimate of drug-likeness (QED) is 0.143. The number of ether oxygens (including phenoxy) is 1. The van der Waals surface area contributed by atoms with Crippen LogP contribution >= 0.6 is 11.3 Å². The third-order valence-electron chi connectivity index (χ3n) is 7.60. The molecule has 0 spiro atoms. The lowest BCUT2D eigenvalue weighted by Crippen LogP contribution is -2.25. The number of carbonyl (C=O) groups is 3. The minimum absolute atomic E-state index is 0.0176. The van der Waals surface area contributed by atoms with Crippen molar-refractivity contribution in [3.05, 3.63) is 93.8 Å². The Kier molecular flexibility index (Phi) is 8.23. The summed E-state index contributed by atoms with van der Waals surface area (Å²) in [5, 5.41) is 19.0. The summed E-state index contributed by atoms with van der Waals surface area (Å²) in [5.74, 6) is -1.66. The summed E-state index contributed by atoms with van der Waals surface area (Å²) in [6.07, 6.45) is 5.30. The van der Waals surface area contributed by atoms with Gasteiger partial charge in [0, 0.05) is 68.4 Å². The van der Waals surface area contributed by atoms with Crippen molar-refractivity contribution in [1.82, 2.24) is 15.3 Å². The predicted octanol–water partition coefficient (Wildman–Crippen LogP) is 7.41. The summed E-state index contributed by atoms with van der Waals surface area (Å²) in [4.78, 5) is 47.9. The number of pyridine rings is 1. The van der Waals surface area contributed by atoms with Gasteiger partial charge in [0.1, 0.15) is 11.4 Å². The molecule has 1 aliphatic heterocycles. The van der Waals surface area contributed by atoms with Crippen LogP contribution in [0.1, 0.15) is 69.7 Å². The molecule has 0 atom stereocenters. The van der Waals surface area contributed by atoms with Crippen molar-refractivity contribution in [2.75, 3.05) is 18.5 Å². The molecule has 4 heterocycles. The van der Waals surface area contributed by atoms with Gasteiger partial charge >= 0.3 is 5.97 Å². The number of aromatic carboxylic acids is 1. The maximum absolute atomic E-state index is 14.3. The average molecular weight is 621 g/mol. The van der Waals surface area contributed by atoms with Crippen LogP contribution in [-0.2, 0) is 6.42 Å². The number of carbonyl (C=O) groups excluding carboxylic acids is 2. The predicted molar refractivity (Wildman–Crippen MR) is 177 cm³/mol. The van der Waals surface area contributed by atoms with E-state index in [9.17, 15) is 19.5 Å². The number of anilines is 1. The fourth-order valence-corrected chi connectivity index (χ4v) is 6.50. The molecule has 5 aromatic rings. The number of aromatic amines is 1. The number of nitrogens with zero attached hydrogens (tertiary/aromatic N) is 1. The van der Waals surface area contributed by atoms with E-state index in [1.165, 1.54) is 12.1 Å². The molecule has 0 saturated heterocycles. The second-order valence-corrected chi connectivity index (χ2v) is 12.0. The monoisotopic (exact) mass is 620 g/mol. The van der Waals surface area contributed by atoms with E-state index in [0.717, 1.165) is 44.5 Å². The molecule has 2 aromatic carbocycles.